The summed E-state index contributed by atoms with van der Waals surface area (Å²) in [5, 5.41) is 3.49. The van der Waals surface area contributed by atoms with Gasteiger partial charge in [0.25, 0.3) is 5.91 Å². The van der Waals surface area contributed by atoms with Gasteiger partial charge in [-0.1, -0.05) is 77.5 Å². The van der Waals surface area contributed by atoms with Gasteiger partial charge in [-0.05, 0) is 48.7 Å². The van der Waals surface area contributed by atoms with Crippen molar-refractivity contribution in [2.75, 3.05) is 5.32 Å². The van der Waals surface area contributed by atoms with E-state index < -0.39 is 6.10 Å². The molecule has 4 aromatic rings. The summed E-state index contributed by atoms with van der Waals surface area (Å²) in [6.45, 7) is 3.83. The van der Waals surface area contributed by atoms with Crippen molar-refractivity contribution in [1.82, 2.24) is 4.98 Å². The van der Waals surface area contributed by atoms with E-state index in [0.29, 0.717) is 10.9 Å². The number of rotatable bonds is 7. The highest BCUT2D eigenvalue weighted by molar-refractivity contribution is 9.10. The first-order valence-corrected chi connectivity index (χ1v) is 12.0. The normalized spacial score (nSPS) is 11.7. The van der Waals surface area contributed by atoms with Crippen molar-refractivity contribution in [3.05, 3.63) is 88.2 Å². The second kappa shape index (κ2) is 10.1. The number of benzene rings is 3. The Morgan fingerprint density at radius 2 is 1.59 bits per heavy atom. The number of carbonyl (C=O) groups excluding carboxylic acids is 1. The Bertz CT molecular complexity index is 1190. The van der Waals surface area contributed by atoms with Crippen molar-refractivity contribution < 1.29 is 9.53 Å². The van der Waals surface area contributed by atoms with Crippen molar-refractivity contribution in [1.29, 1.82) is 0 Å². The number of hydrogen-bond donors (Lipinski definition) is 1. The number of thiazole rings is 1. The lowest BCUT2D eigenvalue weighted by atomic mass is 10.1. The minimum absolute atomic E-state index is 0.226. The molecule has 3 aromatic carbocycles. The summed E-state index contributed by atoms with van der Waals surface area (Å²) in [6.07, 6.45) is 0.196. The third-order valence-corrected chi connectivity index (χ3v) is 6.65. The number of nitrogens with one attached hydrogen (secondary N) is 1. The van der Waals surface area contributed by atoms with Crippen molar-refractivity contribution in [2.45, 2.75) is 26.4 Å². The number of aromatic nitrogens is 1. The molecule has 1 heterocycles. The summed E-state index contributed by atoms with van der Waals surface area (Å²) >= 11 is 4.96. The lowest BCUT2D eigenvalue weighted by molar-refractivity contribution is -0.122. The molecule has 0 saturated heterocycles. The monoisotopic (exact) mass is 506 g/mol. The van der Waals surface area contributed by atoms with Gasteiger partial charge in [0.2, 0.25) is 0 Å². The van der Waals surface area contributed by atoms with E-state index in [1.165, 1.54) is 11.3 Å². The fourth-order valence-corrected chi connectivity index (χ4v) is 4.49. The minimum atomic E-state index is -0.650. The SMILES string of the molecule is CCc1sc(NC(=O)C(C)Oc2ccc(-c3ccccc3)cc2)nc1-c1ccc(Br)cc1. The molecule has 0 aliphatic carbocycles. The van der Waals surface area contributed by atoms with Gasteiger partial charge in [-0.3, -0.25) is 10.1 Å². The lowest BCUT2D eigenvalue weighted by Gasteiger charge is -2.14. The van der Waals surface area contributed by atoms with E-state index in [1.54, 1.807) is 6.92 Å². The summed E-state index contributed by atoms with van der Waals surface area (Å²) in [5.74, 6) is 0.423. The minimum Gasteiger partial charge on any atom is -0.481 e. The summed E-state index contributed by atoms with van der Waals surface area (Å²) in [7, 11) is 0. The zero-order valence-corrected chi connectivity index (χ0v) is 20.2. The van der Waals surface area contributed by atoms with Crippen LogP contribution in [0.1, 0.15) is 18.7 Å². The number of halogens is 1. The van der Waals surface area contributed by atoms with Crippen LogP contribution in [0.2, 0.25) is 0 Å². The van der Waals surface area contributed by atoms with E-state index in [4.69, 9.17) is 4.74 Å². The van der Waals surface area contributed by atoms with Gasteiger partial charge in [0.15, 0.2) is 11.2 Å². The average molecular weight is 507 g/mol. The smallest absolute Gasteiger partial charge is 0.266 e. The zero-order valence-electron chi connectivity index (χ0n) is 17.8. The number of ether oxygens (including phenoxy) is 1. The fraction of sp³-hybridized carbons (Fsp3) is 0.154. The maximum Gasteiger partial charge on any atom is 0.266 e. The van der Waals surface area contributed by atoms with Crippen molar-refractivity contribution >= 4 is 38.3 Å². The van der Waals surface area contributed by atoms with Gasteiger partial charge in [0, 0.05) is 14.9 Å². The number of amides is 1. The molecule has 4 nitrogen and oxygen atoms in total. The Labute approximate surface area is 200 Å². The third-order valence-electron chi connectivity index (χ3n) is 5.01. The first-order chi connectivity index (χ1) is 15.5. The highest BCUT2D eigenvalue weighted by Gasteiger charge is 2.19. The summed E-state index contributed by atoms with van der Waals surface area (Å²) in [6, 6.07) is 25.9. The number of anilines is 1. The molecule has 1 unspecified atom stereocenters. The van der Waals surface area contributed by atoms with Crippen LogP contribution in [0.5, 0.6) is 5.75 Å². The van der Waals surface area contributed by atoms with Crippen LogP contribution in [0.3, 0.4) is 0 Å². The van der Waals surface area contributed by atoms with Gasteiger partial charge in [0.1, 0.15) is 5.75 Å². The molecule has 4 rings (SSSR count). The molecule has 162 valence electrons. The molecule has 6 heteroatoms. The summed E-state index contributed by atoms with van der Waals surface area (Å²) in [5.41, 5.74) is 4.18. The summed E-state index contributed by atoms with van der Waals surface area (Å²) < 4.78 is 6.88. The van der Waals surface area contributed by atoms with Crippen LogP contribution in [0, 0.1) is 0 Å². The molecular weight excluding hydrogens is 484 g/mol. The van der Waals surface area contributed by atoms with E-state index in [1.807, 2.05) is 66.7 Å². The van der Waals surface area contributed by atoms with Crippen molar-refractivity contribution in [3.8, 4) is 28.1 Å². The third kappa shape index (κ3) is 5.26. The first kappa shape index (κ1) is 22.2. The van der Waals surface area contributed by atoms with Crippen molar-refractivity contribution in [2.24, 2.45) is 0 Å². The summed E-state index contributed by atoms with van der Waals surface area (Å²) in [4.78, 5) is 18.5. The highest BCUT2D eigenvalue weighted by Crippen LogP contribution is 2.32. The van der Waals surface area contributed by atoms with Crippen LogP contribution >= 0.6 is 27.3 Å². The predicted octanol–water partition coefficient (Wildman–Crippen LogP) is 7.21. The molecular formula is C26H23BrN2O2S. The molecule has 0 aliphatic heterocycles. The molecule has 0 saturated carbocycles. The standard InChI is InChI=1S/C26H23BrN2O2S/c1-3-23-24(20-9-13-21(27)14-10-20)28-26(32-23)29-25(30)17(2)31-22-15-11-19(12-16-22)18-7-5-4-6-8-18/h4-17H,3H2,1-2H3,(H,28,29,30). The zero-order chi connectivity index (χ0) is 22.5. The van der Waals surface area contributed by atoms with Crippen LogP contribution in [0.25, 0.3) is 22.4 Å². The van der Waals surface area contributed by atoms with Crippen LogP contribution < -0.4 is 10.1 Å². The Morgan fingerprint density at radius 1 is 0.969 bits per heavy atom. The largest absolute Gasteiger partial charge is 0.481 e. The quantitative estimate of drug-likeness (QED) is 0.288. The molecule has 1 atom stereocenters. The van der Waals surface area contributed by atoms with Gasteiger partial charge in [-0.2, -0.15) is 0 Å². The predicted molar refractivity (Wildman–Crippen MR) is 135 cm³/mol. The molecule has 1 N–H and O–H groups in total. The number of aryl methyl sites for hydroxylation is 1. The van der Waals surface area contributed by atoms with E-state index in [2.05, 4.69) is 45.3 Å². The Balaban J connectivity index is 1.42. The molecule has 32 heavy (non-hydrogen) atoms. The van der Waals surface area contributed by atoms with Gasteiger partial charge in [-0.15, -0.1) is 11.3 Å². The van der Waals surface area contributed by atoms with E-state index >= 15 is 0 Å². The Morgan fingerprint density at radius 3 is 2.25 bits per heavy atom. The topological polar surface area (TPSA) is 51.2 Å². The van der Waals surface area contributed by atoms with Crippen LogP contribution in [-0.2, 0) is 11.2 Å². The van der Waals surface area contributed by atoms with Crippen molar-refractivity contribution in [3.63, 3.8) is 0 Å². The molecule has 1 amide bonds. The second-order valence-corrected chi connectivity index (χ2v) is 9.29. The first-order valence-electron chi connectivity index (χ1n) is 10.4. The van der Waals surface area contributed by atoms with E-state index in [0.717, 1.165) is 38.2 Å². The van der Waals surface area contributed by atoms with Crippen LogP contribution in [0.4, 0.5) is 5.13 Å². The van der Waals surface area contributed by atoms with E-state index in [-0.39, 0.29) is 5.91 Å². The lowest BCUT2D eigenvalue weighted by Crippen LogP contribution is -2.30. The molecule has 1 aromatic heterocycles. The highest BCUT2D eigenvalue weighted by atomic mass is 79.9. The second-order valence-electron chi connectivity index (χ2n) is 7.29. The fourth-order valence-electron chi connectivity index (χ4n) is 3.30. The van der Waals surface area contributed by atoms with Crippen LogP contribution in [0.15, 0.2) is 83.3 Å². The molecule has 0 spiro atoms. The average Bonchev–Trinajstić information content (AvgIpc) is 3.23. The molecule has 0 fully saturated rings. The van der Waals surface area contributed by atoms with Gasteiger partial charge < -0.3 is 4.74 Å². The molecule has 0 bridgehead atoms. The van der Waals surface area contributed by atoms with Gasteiger partial charge >= 0.3 is 0 Å². The Hall–Kier alpha value is -2.96. The maximum absolute atomic E-state index is 12.7. The molecule has 0 radical (unpaired) electrons. The van der Waals surface area contributed by atoms with Gasteiger partial charge in [0.05, 0.1) is 5.69 Å². The van der Waals surface area contributed by atoms with E-state index in [9.17, 15) is 4.79 Å². The Kier molecular flexibility index (Phi) is 7.02. The number of hydrogen-bond acceptors (Lipinski definition) is 4. The number of nitrogens with zero attached hydrogens (tertiary/aromatic N) is 1. The maximum atomic E-state index is 12.7. The number of carbonyl (C=O) groups is 1. The molecule has 0 aliphatic rings. The van der Waals surface area contributed by atoms with Gasteiger partial charge in [-0.25, -0.2) is 4.98 Å². The van der Waals surface area contributed by atoms with Crippen LogP contribution in [-0.4, -0.2) is 17.0 Å².